The number of carbonyl (C=O) groups is 2. The first kappa shape index (κ1) is 18.5. The molecule has 0 spiro atoms. The van der Waals surface area contributed by atoms with Crippen molar-refractivity contribution in [1.82, 2.24) is 10.6 Å². The van der Waals surface area contributed by atoms with Gasteiger partial charge in [-0.3, -0.25) is 9.59 Å². The normalized spacial score (nSPS) is 33.9. The molecular formula is C23H32N2O2. The maximum atomic E-state index is 13.2. The predicted molar refractivity (Wildman–Crippen MR) is 106 cm³/mol. The average molecular weight is 369 g/mol. The molecule has 0 aliphatic heterocycles. The van der Waals surface area contributed by atoms with E-state index in [1.54, 1.807) is 0 Å². The molecule has 4 aliphatic carbocycles. The number of hydrogen-bond acceptors (Lipinski definition) is 2. The molecule has 4 saturated carbocycles. The summed E-state index contributed by atoms with van der Waals surface area (Å²) < 4.78 is 0. The zero-order valence-electron chi connectivity index (χ0n) is 16.6. The average Bonchev–Trinajstić information content (AvgIpc) is 2.64. The van der Waals surface area contributed by atoms with Gasteiger partial charge < -0.3 is 10.6 Å². The summed E-state index contributed by atoms with van der Waals surface area (Å²) in [6, 6.07) is 10.9. The highest BCUT2D eigenvalue weighted by Crippen LogP contribution is 2.65. The van der Waals surface area contributed by atoms with E-state index >= 15 is 0 Å². The van der Waals surface area contributed by atoms with Gasteiger partial charge in [0.15, 0.2) is 0 Å². The van der Waals surface area contributed by atoms with Gasteiger partial charge in [0.05, 0.1) is 5.41 Å². The lowest BCUT2D eigenvalue weighted by molar-refractivity contribution is -0.149. The van der Waals surface area contributed by atoms with Crippen LogP contribution in [-0.4, -0.2) is 24.9 Å². The molecule has 4 aliphatic rings. The van der Waals surface area contributed by atoms with E-state index in [2.05, 4.69) is 41.0 Å². The van der Waals surface area contributed by atoms with Gasteiger partial charge in [0.1, 0.15) is 0 Å². The molecule has 2 unspecified atom stereocenters. The smallest absolute Gasteiger partial charge is 0.226 e. The van der Waals surface area contributed by atoms with Crippen LogP contribution in [0.5, 0.6) is 0 Å². The molecule has 4 heteroatoms. The number of carbonyl (C=O) groups excluding carboxylic acids is 2. The number of amides is 2. The van der Waals surface area contributed by atoms with Crippen LogP contribution in [0.4, 0.5) is 0 Å². The van der Waals surface area contributed by atoms with Gasteiger partial charge in [0.25, 0.3) is 0 Å². The van der Waals surface area contributed by atoms with Crippen molar-refractivity contribution < 1.29 is 9.59 Å². The molecule has 146 valence electrons. The third-order valence-electron chi connectivity index (χ3n) is 7.16. The molecule has 0 saturated heterocycles. The number of nitrogens with one attached hydrogen (secondary N) is 2. The quantitative estimate of drug-likeness (QED) is 0.756. The molecule has 4 fully saturated rings. The van der Waals surface area contributed by atoms with E-state index in [-0.39, 0.29) is 28.6 Å². The summed E-state index contributed by atoms with van der Waals surface area (Å²) >= 11 is 0. The Kier molecular flexibility index (Phi) is 4.77. The number of hydrogen-bond donors (Lipinski definition) is 2. The van der Waals surface area contributed by atoms with Crippen molar-refractivity contribution in [1.29, 1.82) is 0 Å². The van der Waals surface area contributed by atoms with Gasteiger partial charge >= 0.3 is 0 Å². The minimum Gasteiger partial charge on any atom is -0.354 e. The van der Waals surface area contributed by atoms with Gasteiger partial charge in [-0.1, -0.05) is 44.2 Å². The van der Waals surface area contributed by atoms with Crippen molar-refractivity contribution in [2.45, 2.75) is 57.8 Å². The van der Waals surface area contributed by atoms with Crippen molar-refractivity contribution in [2.75, 3.05) is 13.1 Å². The van der Waals surface area contributed by atoms with Crippen LogP contribution in [0.1, 0.15) is 57.9 Å². The van der Waals surface area contributed by atoms with Gasteiger partial charge in [-0.2, -0.15) is 0 Å². The highest BCUT2D eigenvalue weighted by Gasteiger charge is 2.60. The molecule has 0 radical (unpaired) electrons. The Bertz CT molecular complexity index is 698. The summed E-state index contributed by atoms with van der Waals surface area (Å²) in [6.45, 7) is 4.79. The van der Waals surface area contributed by atoms with Gasteiger partial charge in [0, 0.05) is 19.0 Å². The van der Waals surface area contributed by atoms with Crippen LogP contribution in [0.15, 0.2) is 30.3 Å². The topological polar surface area (TPSA) is 58.2 Å². The standard InChI is InChI=1S/C23H32N2O2/c1-16(2)20(26)24-8-9-25-21(27)23-13-17-10-18(14-23)12-22(11-17,15-23)19-6-4-3-5-7-19/h3-7,16-18H,8-15H2,1-2H3,(H,24,26)(H,25,27)/t17-,18+,22?,23?. The van der Waals surface area contributed by atoms with E-state index in [0.717, 1.165) is 19.3 Å². The van der Waals surface area contributed by atoms with Crippen LogP contribution < -0.4 is 10.6 Å². The summed E-state index contributed by atoms with van der Waals surface area (Å²) in [5, 5.41) is 6.04. The maximum absolute atomic E-state index is 13.2. The summed E-state index contributed by atoms with van der Waals surface area (Å²) in [6.07, 6.45) is 6.86. The first-order chi connectivity index (χ1) is 12.9. The molecule has 5 rings (SSSR count). The Morgan fingerprint density at radius 3 is 2.26 bits per heavy atom. The van der Waals surface area contributed by atoms with Crippen molar-refractivity contribution >= 4 is 11.8 Å². The van der Waals surface area contributed by atoms with Crippen LogP contribution in [0.3, 0.4) is 0 Å². The van der Waals surface area contributed by atoms with E-state index in [1.807, 2.05) is 13.8 Å². The van der Waals surface area contributed by atoms with E-state index in [0.29, 0.717) is 24.9 Å². The lowest BCUT2D eigenvalue weighted by atomic mass is 9.42. The Morgan fingerprint density at radius 1 is 1.00 bits per heavy atom. The SMILES string of the molecule is CC(C)C(=O)NCCNC(=O)C12C[C@H]3C[C@@H](C1)CC(c1ccccc1)(C3)C2. The fourth-order valence-electron chi connectivity index (χ4n) is 6.41. The molecule has 0 heterocycles. The summed E-state index contributed by atoms with van der Waals surface area (Å²) in [4.78, 5) is 24.9. The second kappa shape index (κ2) is 6.96. The molecule has 4 nitrogen and oxygen atoms in total. The molecule has 27 heavy (non-hydrogen) atoms. The molecule has 2 amide bonds. The Hall–Kier alpha value is -1.84. The second-order valence-electron chi connectivity index (χ2n) is 9.59. The summed E-state index contributed by atoms with van der Waals surface area (Å²) in [5.41, 5.74) is 1.41. The Morgan fingerprint density at radius 2 is 1.63 bits per heavy atom. The molecule has 0 aromatic heterocycles. The van der Waals surface area contributed by atoms with E-state index in [1.165, 1.54) is 24.8 Å². The number of rotatable bonds is 6. The maximum Gasteiger partial charge on any atom is 0.226 e. The Balaban J connectivity index is 1.45. The lowest BCUT2D eigenvalue weighted by Crippen LogP contribution is -2.59. The van der Waals surface area contributed by atoms with Crippen LogP contribution >= 0.6 is 0 Å². The van der Waals surface area contributed by atoms with Gasteiger partial charge in [-0.05, 0) is 61.3 Å². The van der Waals surface area contributed by atoms with Crippen LogP contribution in [0.25, 0.3) is 0 Å². The highest BCUT2D eigenvalue weighted by molar-refractivity contribution is 5.83. The van der Waals surface area contributed by atoms with Crippen LogP contribution in [-0.2, 0) is 15.0 Å². The molecular weight excluding hydrogens is 336 g/mol. The first-order valence-corrected chi connectivity index (χ1v) is 10.5. The minimum absolute atomic E-state index is 0.0189. The molecule has 2 N–H and O–H groups in total. The van der Waals surface area contributed by atoms with Gasteiger partial charge in [0.2, 0.25) is 11.8 Å². The third-order valence-corrected chi connectivity index (χ3v) is 7.16. The monoisotopic (exact) mass is 368 g/mol. The molecule has 1 aromatic carbocycles. The summed E-state index contributed by atoms with van der Waals surface area (Å²) in [7, 11) is 0. The van der Waals surface area contributed by atoms with Gasteiger partial charge in [-0.15, -0.1) is 0 Å². The van der Waals surface area contributed by atoms with Crippen molar-refractivity contribution in [2.24, 2.45) is 23.2 Å². The molecule has 1 aromatic rings. The zero-order valence-corrected chi connectivity index (χ0v) is 16.6. The lowest BCUT2D eigenvalue weighted by Gasteiger charge is -2.61. The van der Waals surface area contributed by atoms with Crippen LogP contribution in [0, 0.1) is 23.2 Å². The third kappa shape index (κ3) is 3.39. The first-order valence-electron chi connectivity index (χ1n) is 10.5. The van der Waals surface area contributed by atoms with Gasteiger partial charge in [-0.25, -0.2) is 0 Å². The largest absolute Gasteiger partial charge is 0.354 e. The van der Waals surface area contributed by atoms with E-state index < -0.39 is 0 Å². The van der Waals surface area contributed by atoms with Crippen LogP contribution in [0.2, 0.25) is 0 Å². The minimum atomic E-state index is -0.206. The fraction of sp³-hybridized carbons (Fsp3) is 0.652. The van der Waals surface area contributed by atoms with Crippen molar-refractivity contribution in [3.63, 3.8) is 0 Å². The fourth-order valence-corrected chi connectivity index (χ4v) is 6.41. The highest BCUT2D eigenvalue weighted by atomic mass is 16.2. The van der Waals surface area contributed by atoms with E-state index in [9.17, 15) is 9.59 Å². The predicted octanol–water partition coefficient (Wildman–Crippen LogP) is 3.41. The molecule has 4 bridgehead atoms. The van der Waals surface area contributed by atoms with E-state index in [4.69, 9.17) is 0 Å². The molecule has 4 atom stereocenters. The van der Waals surface area contributed by atoms with Crippen molar-refractivity contribution in [3.8, 4) is 0 Å². The second-order valence-corrected chi connectivity index (χ2v) is 9.59. The van der Waals surface area contributed by atoms with Crippen molar-refractivity contribution in [3.05, 3.63) is 35.9 Å². The Labute approximate surface area is 162 Å². The summed E-state index contributed by atoms with van der Waals surface area (Å²) in [5.74, 6) is 1.60. The zero-order chi connectivity index (χ0) is 19.1. The number of benzene rings is 1.